The molecule has 3 rings (SSSR count). The number of nitrogens with zero attached hydrogens (tertiary/aromatic N) is 1. The van der Waals surface area contributed by atoms with Crippen molar-refractivity contribution in [1.29, 1.82) is 0 Å². The van der Waals surface area contributed by atoms with Crippen LogP contribution in [0.5, 0.6) is 5.75 Å². The van der Waals surface area contributed by atoms with Crippen molar-refractivity contribution in [3.63, 3.8) is 0 Å². The summed E-state index contributed by atoms with van der Waals surface area (Å²) >= 11 is 0. The fraction of sp³-hybridized carbons (Fsp3) is 0.278. The van der Waals surface area contributed by atoms with Gasteiger partial charge in [-0.15, -0.1) is 0 Å². The Balaban J connectivity index is 1.97. The Morgan fingerprint density at radius 3 is 2.84 bits per heavy atom. The van der Waals surface area contributed by atoms with Crippen LogP contribution < -0.4 is 15.6 Å². The lowest BCUT2D eigenvalue weighted by Gasteiger charge is -2.18. The van der Waals surface area contributed by atoms with Gasteiger partial charge in [-0.3, -0.25) is 9.59 Å². The van der Waals surface area contributed by atoms with Crippen molar-refractivity contribution in [1.82, 2.24) is 15.3 Å². The standard InChI is InChI=1S/C18H19N3O4/c1-9-5-6-13(24-4)12(7-9)10(2)21-17(23)14-11(3)25-18-15(14)16(22)19-8-20-18/h5-8,10H,1-4H3,(H,21,23)(H,19,20,22)/t10-/m0/s1. The molecule has 25 heavy (non-hydrogen) atoms. The number of hydrogen-bond donors (Lipinski definition) is 2. The van der Waals surface area contributed by atoms with E-state index >= 15 is 0 Å². The Bertz CT molecular complexity index is 1000. The summed E-state index contributed by atoms with van der Waals surface area (Å²) in [6.45, 7) is 5.46. The number of methoxy groups -OCH3 is 1. The van der Waals surface area contributed by atoms with Gasteiger partial charge in [-0.2, -0.15) is 0 Å². The number of carbonyl (C=O) groups is 1. The highest BCUT2D eigenvalue weighted by molar-refractivity contribution is 6.06. The van der Waals surface area contributed by atoms with E-state index in [1.165, 1.54) is 6.33 Å². The first-order chi connectivity index (χ1) is 11.9. The summed E-state index contributed by atoms with van der Waals surface area (Å²) in [6.07, 6.45) is 1.25. The number of aromatic nitrogens is 2. The molecule has 0 unspecified atom stereocenters. The molecule has 2 heterocycles. The SMILES string of the molecule is COc1ccc(C)cc1[C@H](C)NC(=O)c1c(C)oc2nc[nH]c(=O)c12. The molecule has 7 nitrogen and oxygen atoms in total. The predicted octanol–water partition coefficient (Wildman–Crippen LogP) is 2.63. The van der Waals surface area contributed by atoms with Crippen LogP contribution >= 0.6 is 0 Å². The number of carbonyl (C=O) groups excluding carboxylic acids is 1. The zero-order valence-corrected chi connectivity index (χ0v) is 14.5. The maximum absolute atomic E-state index is 12.8. The van der Waals surface area contributed by atoms with Crippen LogP contribution in [0.3, 0.4) is 0 Å². The lowest BCUT2D eigenvalue weighted by atomic mass is 10.0. The second-order valence-electron chi connectivity index (χ2n) is 5.89. The summed E-state index contributed by atoms with van der Waals surface area (Å²) in [5.41, 5.74) is 1.85. The van der Waals surface area contributed by atoms with Crippen LogP contribution in [0.25, 0.3) is 11.1 Å². The molecule has 130 valence electrons. The van der Waals surface area contributed by atoms with Crippen LogP contribution in [0.15, 0.2) is 33.7 Å². The molecule has 1 amide bonds. The molecule has 2 N–H and O–H groups in total. The van der Waals surface area contributed by atoms with Crippen LogP contribution in [-0.2, 0) is 0 Å². The van der Waals surface area contributed by atoms with Crippen molar-refractivity contribution >= 4 is 17.0 Å². The van der Waals surface area contributed by atoms with E-state index in [1.807, 2.05) is 32.0 Å². The minimum atomic E-state index is -0.409. The average molecular weight is 341 g/mol. The minimum absolute atomic E-state index is 0.146. The zero-order valence-electron chi connectivity index (χ0n) is 14.5. The molecule has 0 aliphatic rings. The Hall–Kier alpha value is -3.09. The molecule has 0 aliphatic carbocycles. The normalized spacial score (nSPS) is 12.2. The highest BCUT2D eigenvalue weighted by Crippen LogP contribution is 2.27. The molecular formula is C18H19N3O4. The first-order valence-corrected chi connectivity index (χ1v) is 7.84. The molecule has 0 bridgehead atoms. The number of rotatable bonds is 4. The summed E-state index contributed by atoms with van der Waals surface area (Å²) in [4.78, 5) is 31.3. The smallest absolute Gasteiger partial charge is 0.262 e. The minimum Gasteiger partial charge on any atom is -0.496 e. The van der Waals surface area contributed by atoms with Crippen molar-refractivity contribution in [3.05, 3.63) is 57.3 Å². The number of H-pyrrole nitrogens is 1. The van der Waals surface area contributed by atoms with Gasteiger partial charge in [0.1, 0.15) is 16.9 Å². The van der Waals surface area contributed by atoms with Gasteiger partial charge in [-0.1, -0.05) is 17.7 Å². The number of aryl methyl sites for hydroxylation is 2. The molecule has 2 aromatic heterocycles. The molecule has 0 radical (unpaired) electrons. The van der Waals surface area contributed by atoms with Crippen LogP contribution in [0.4, 0.5) is 0 Å². The second kappa shape index (κ2) is 6.43. The lowest BCUT2D eigenvalue weighted by molar-refractivity contribution is 0.0939. The molecule has 0 saturated heterocycles. The van der Waals surface area contributed by atoms with Gasteiger partial charge in [-0.25, -0.2) is 4.98 Å². The van der Waals surface area contributed by atoms with Gasteiger partial charge in [0.05, 0.1) is 25.0 Å². The van der Waals surface area contributed by atoms with Crippen LogP contribution in [0.1, 0.15) is 40.2 Å². The Morgan fingerprint density at radius 1 is 1.36 bits per heavy atom. The average Bonchev–Trinajstić information content (AvgIpc) is 2.92. The molecule has 0 fully saturated rings. The number of fused-ring (bicyclic) bond motifs is 1. The first-order valence-electron chi connectivity index (χ1n) is 7.84. The highest BCUT2D eigenvalue weighted by Gasteiger charge is 2.24. The molecule has 1 aromatic carbocycles. The third kappa shape index (κ3) is 3.00. The Labute approximate surface area is 144 Å². The molecule has 0 spiro atoms. The number of furan rings is 1. The summed E-state index contributed by atoms with van der Waals surface area (Å²) in [6, 6.07) is 5.44. The third-order valence-electron chi connectivity index (χ3n) is 4.10. The van der Waals surface area contributed by atoms with Gasteiger partial charge in [0, 0.05) is 5.56 Å². The lowest BCUT2D eigenvalue weighted by Crippen LogP contribution is -2.28. The first kappa shape index (κ1) is 16.8. The van der Waals surface area contributed by atoms with E-state index in [2.05, 4.69) is 15.3 Å². The molecule has 3 aromatic rings. The van der Waals surface area contributed by atoms with E-state index in [0.29, 0.717) is 11.5 Å². The zero-order chi connectivity index (χ0) is 18.1. The third-order valence-corrected chi connectivity index (χ3v) is 4.10. The number of amides is 1. The van der Waals surface area contributed by atoms with Gasteiger partial charge >= 0.3 is 0 Å². The number of ether oxygens (including phenoxy) is 1. The Kier molecular flexibility index (Phi) is 4.31. The van der Waals surface area contributed by atoms with Gasteiger partial charge in [0.25, 0.3) is 11.5 Å². The van der Waals surface area contributed by atoms with Crippen molar-refractivity contribution in [3.8, 4) is 5.75 Å². The summed E-state index contributed by atoms with van der Waals surface area (Å²) < 4.78 is 10.8. The van der Waals surface area contributed by atoms with Crippen molar-refractivity contribution < 1.29 is 13.9 Å². The van der Waals surface area contributed by atoms with E-state index < -0.39 is 11.5 Å². The fourth-order valence-electron chi connectivity index (χ4n) is 2.87. The topological polar surface area (TPSA) is 97.2 Å². The van der Waals surface area contributed by atoms with Crippen molar-refractivity contribution in [2.45, 2.75) is 26.8 Å². The molecule has 0 saturated carbocycles. The quantitative estimate of drug-likeness (QED) is 0.760. The highest BCUT2D eigenvalue weighted by atomic mass is 16.5. The van der Waals surface area contributed by atoms with E-state index in [4.69, 9.17) is 9.15 Å². The van der Waals surface area contributed by atoms with Crippen LogP contribution in [0.2, 0.25) is 0 Å². The molecule has 0 aliphatic heterocycles. The van der Waals surface area contributed by atoms with Crippen molar-refractivity contribution in [2.24, 2.45) is 0 Å². The van der Waals surface area contributed by atoms with Gasteiger partial charge in [0.2, 0.25) is 5.71 Å². The van der Waals surface area contributed by atoms with Gasteiger partial charge in [-0.05, 0) is 26.8 Å². The van der Waals surface area contributed by atoms with E-state index in [-0.39, 0.29) is 22.7 Å². The Morgan fingerprint density at radius 2 is 2.12 bits per heavy atom. The maximum Gasteiger partial charge on any atom is 0.262 e. The maximum atomic E-state index is 12.8. The van der Waals surface area contributed by atoms with Crippen molar-refractivity contribution in [2.75, 3.05) is 7.11 Å². The monoisotopic (exact) mass is 341 g/mol. The van der Waals surface area contributed by atoms with Crippen LogP contribution in [0, 0.1) is 13.8 Å². The number of aromatic amines is 1. The second-order valence-corrected chi connectivity index (χ2v) is 5.89. The van der Waals surface area contributed by atoms with Gasteiger partial charge < -0.3 is 19.5 Å². The van der Waals surface area contributed by atoms with Gasteiger partial charge in [0.15, 0.2) is 0 Å². The number of benzene rings is 1. The molecule has 1 atom stereocenters. The largest absolute Gasteiger partial charge is 0.496 e. The van der Waals surface area contributed by atoms with E-state index in [9.17, 15) is 9.59 Å². The van der Waals surface area contributed by atoms with E-state index in [0.717, 1.165) is 11.1 Å². The van der Waals surface area contributed by atoms with Crippen LogP contribution in [-0.4, -0.2) is 23.0 Å². The fourth-order valence-corrected chi connectivity index (χ4v) is 2.87. The van der Waals surface area contributed by atoms with E-state index in [1.54, 1.807) is 14.0 Å². The molecular weight excluding hydrogens is 322 g/mol. The predicted molar refractivity (Wildman–Crippen MR) is 93.0 cm³/mol. The number of hydrogen-bond acceptors (Lipinski definition) is 5. The number of nitrogens with one attached hydrogen (secondary N) is 2. The summed E-state index contributed by atoms with van der Waals surface area (Å²) in [5.74, 6) is 0.637. The molecule has 7 heteroatoms. The summed E-state index contributed by atoms with van der Waals surface area (Å²) in [7, 11) is 1.58. The summed E-state index contributed by atoms with van der Waals surface area (Å²) in [5, 5.41) is 3.05.